The van der Waals surface area contributed by atoms with Crippen LogP contribution in [-0.4, -0.2) is 52.3 Å². The van der Waals surface area contributed by atoms with Crippen LogP contribution in [0.5, 0.6) is 0 Å². The first-order valence-electron chi connectivity index (χ1n) is 8.29. The van der Waals surface area contributed by atoms with E-state index < -0.39 is 5.60 Å². The maximum Gasteiger partial charge on any atom is 0.143 e. The summed E-state index contributed by atoms with van der Waals surface area (Å²) in [4.78, 5) is 6.87. The van der Waals surface area contributed by atoms with Gasteiger partial charge in [-0.05, 0) is 32.4 Å². The number of ether oxygens (including phenoxy) is 1. The molecule has 4 N–H and O–H groups in total. The molecular formula is C17H24N6O2. The van der Waals surface area contributed by atoms with Gasteiger partial charge in [0.05, 0.1) is 31.1 Å². The van der Waals surface area contributed by atoms with Crippen LogP contribution in [0.3, 0.4) is 0 Å². The zero-order chi connectivity index (χ0) is 18.0. The van der Waals surface area contributed by atoms with Gasteiger partial charge in [0, 0.05) is 24.4 Å². The van der Waals surface area contributed by atoms with Gasteiger partial charge in [-0.2, -0.15) is 5.10 Å². The van der Waals surface area contributed by atoms with Crippen LogP contribution in [-0.2, 0) is 10.3 Å². The molecule has 1 fully saturated rings. The Morgan fingerprint density at radius 3 is 2.92 bits per heavy atom. The standard InChI is InChI=1S/C17H24N6O2/c1-11-10-25-7-6-23(11)15-8-13(17(2,3)24)12(9-18)16(21-15)20-14-4-5-19-22-14/h4-5,8-9,11,18,24H,6-7,10H2,1-3H3,(H2,19,20,21,22)/t11-/m1/s1. The first-order chi connectivity index (χ1) is 11.9. The third-order valence-electron chi connectivity index (χ3n) is 4.26. The number of pyridine rings is 1. The van der Waals surface area contributed by atoms with E-state index in [4.69, 9.17) is 15.1 Å². The van der Waals surface area contributed by atoms with E-state index in [1.54, 1.807) is 26.1 Å². The van der Waals surface area contributed by atoms with Gasteiger partial charge in [0.15, 0.2) is 0 Å². The Bertz CT molecular complexity index is 738. The molecule has 0 amide bonds. The van der Waals surface area contributed by atoms with Gasteiger partial charge in [-0.3, -0.25) is 5.10 Å². The third-order valence-corrected chi connectivity index (χ3v) is 4.26. The molecule has 0 radical (unpaired) electrons. The number of aliphatic hydroxyl groups is 1. The third kappa shape index (κ3) is 3.64. The van der Waals surface area contributed by atoms with Gasteiger partial charge >= 0.3 is 0 Å². The molecular weight excluding hydrogens is 320 g/mol. The number of aromatic nitrogens is 3. The van der Waals surface area contributed by atoms with Gasteiger partial charge in [0.2, 0.25) is 0 Å². The summed E-state index contributed by atoms with van der Waals surface area (Å²) >= 11 is 0. The second-order valence-electron chi connectivity index (χ2n) is 6.71. The Balaban J connectivity index is 2.11. The van der Waals surface area contributed by atoms with E-state index in [0.29, 0.717) is 36.0 Å². The quantitative estimate of drug-likeness (QED) is 0.618. The summed E-state index contributed by atoms with van der Waals surface area (Å²) in [6.45, 7) is 7.50. The molecule has 0 spiro atoms. The number of morpholine rings is 1. The van der Waals surface area contributed by atoms with Crippen molar-refractivity contribution in [3.05, 3.63) is 29.5 Å². The fourth-order valence-electron chi connectivity index (χ4n) is 2.96. The van der Waals surface area contributed by atoms with Crippen LogP contribution >= 0.6 is 0 Å². The second kappa shape index (κ2) is 6.81. The molecule has 8 heteroatoms. The molecule has 2 aromatic rings. The smallest absolute Gasteiger partial charge is 0.143 e. The van der Waals surface area contributed by atoms with E-state index in [1.807, 2.05) is 6.07 Å². The molecule has 0 aromatic carbocycles. The number of H-pyrrole nitrogens is 1. The summed E-state index contributed by atoms with van der Waals surface area (Å²) in [6.07, 6.45) is 2.85. The largest absolute Gasteiger partial charge is 0.386 e. The highest BCUT2D eigenvalue weighted by molar-refractivity contribution is 5.89. The summed E-state index contributed by atoms with van der Waals surface area (Å²) in [5, 5.41) is 28.3. The fraction of sp³-hybridized carbons (Fsp3) is 0.471. The Kier molecular flexibility index (Phi) is 4.73. The highest BCUT2D eigenvalue weighted by atomic mass is 16.5. The Morgan fingerprint density at radius 1 is 1.52 bits per heavy atom. The van der Waals surface area contributed by atoms with Gasteiger partial charge in [0.25, 0.3) is 0 Å². The molecule has 8 nitrogen and oxygen atoms in total. The molecule has 25 heavy (non-hydrogen) atoms. The van der Waals surface area contributed by atoms with E-state index in [1.165, 1.54) is 6.21 Å². The number of hydrogen-bond acceptors (Lipinski definition) is 7. The number of aromatic amines is 1. The van der Waals surface area contributed by atoms with E-state index in [9.17, 15) is 5.11 Å². The van der Waals surface area contributed by atoms with E-state index in [2.05, 4.69) is 27.3 Å². The molecule has 1 saturated heterocycles. The van der Waals surface area contributed by atoms with Crippen LogP contribution in [0.15, 0.2) is 18.3 Å². The monoisotopic (exact) mass is 344 g/mol. The van der Waals surface area contributed by atoms with E-state index in [-0.39, 0.29) is 6.04 Å². The van der Waals surface area contributed by atoms with Crippen molar-refractivity contribution >= 4 is 23.7 Å². The Hall–Kier alpha value is -2.45. The van der Waals surface area contributed by atoms with Gasteiger partial charge in [0.1, 0.15) is 17.5 Å². The molecule has 3 rings (SSSR count). The number of nitrogens with zero attached hydrogens (tertiary/aromatic N) is 3. The average Bonchev–Trinajstić information content (AvgIpc) is 3.07. The predicted octanol–water partition coefficient (Wildman–Crippen LogP) is 2.00. The molecule has 0 bridgehead atoms. The van der Waals surface area contributed by atoms with Crippen LogP contribution in [0.2, 0.25) is 0 Å². The van der Waals surface area contributed by atoms with Crippen molar-refractivity contribution in [1.82, 2.24) is 15.2 Å². The number of anilines is 3. The maximum atomic E-state index is 10.6. The summed E-state index contributed by atoms with van der Waals surface area (Å²) in [6, 6.07) is 3.82. The summed E-state index contributed by atoms with van der Waals surface area (Å²) in [5.41, 5.74) is 0.0878. The van der Waals surface area contributed by atoms with Crippen LogP contribution in [0, 0.1) is 5.41 Å². The molecule has 0 saturated carbocycles. The Labute approximate surface area is 146 Å². The maximum absolute atomic E-state index is 10.6. The fourth-order valence-corrected chi connectivity index (χ4v) is 2.96. The predicted molar refractivity (Wildman–Crippen MR) is 96.9 cm³/mol. The Morgan fingerprint density at radius 2 is 2.32 bits per heavy atom. The SMILES string of the molecule is C[C@@H]1COCCN1c1cc(C(C)(C)O)c(C=N)c(Nc2ccn[nH]2)n1. The topological polar surface area (TPSA) is 110 Å². The lowest BCUT2D eigenvalue weighted by Crippen LogP contribution is -2.44. The lowest BCUT2D eigenvalue weighted by Gasteiger charge is -2.35. The molecule has 2 aromatic heterocycles. The van der Waals surface area contributed by atoms with Crippen molar-refractivity contribution in [3.63, 3.8) is 0 Å². The minimum absolute atomic E-state index is 0.182. The van der Waals surface area contributed by atoms with Crippen LogP contribution < -0.4 is 10.2 Å². The number of rotatable bonds is 5. The van der Waals surface area contributed by atoms with Crippen molar-refractivity contribution in [3.8, 4) is 0 Å². The van der Waals surface area contributed by atoms with Crippen molar-refractivity contribution in [2.75, 3.05) is 30.0 Å². The van der Waals surface area contributed by atoms with Crippen molar-refractivity contribution in [2.45, 2.75) is 32.4 Å². The minimum Gasteiger partial charge on any atom is -0.386 e. The molecule has 0 aliphatic carbocycles. The highest BCUT2D eigenvalue weighted by Crippen LogP contribution is 2.32. The molecule has 1 aliphatic heterocycles. The first-order valence-corrected chi connectivity index (χ1v) is 8.29. The summed E-state index contributed by atoms with van der Waals surface area (Å²) in [7, 11) is 0. The van der Waals surface area contributed by atoms with Crippen molar-refractivity contribution < 1.29 is 9.84 Å². The highest BCUT2D eigenvalue weighted by Gasteiger charge is 2.27. The average molecular weight is 344 g/mol. The second-order valence-corrected chi connectivity index (χ2v) is 6.71. The lowest BCUT2D eigenvalue weighted by atomic mass is 9.94. The molecule has 0 unspecified atom stereocenters. The lowest BCUT2D eigenvalue weighted by molar-refractivity contribution is 0.0782. The van der Waals surface area contributed by atoms with E-state index in [0.717, 1.165) is 12.4 Å². The molecule has 1 aliphatic rings. The van der Waals surface area contributed by atoms with Gasteiger partial charge in [-0.15, -0.1) is 0 Å². The molecule has 134 valence electrons. The van der Waals surface area contributed by atoms with Crippen LogP contribution in [0.4, 0.5) is 17.5 Å². The first kappa shape index (κ1) is 17.4. The van der Waals surface area contributed by atoms with Crippen LogP contribution in [0.25, 0.3) is 0 Å². The zero-order valence-corrected chi connectivity index (χ0v) is 14.7. The summed E-state index contributed by atoms with van der Waals surface area (Å²) in [5.74, 6) is 1.93. The minimum atomic E-state index is -1.11. The number of nitrogens with one attached hydrogen (secondary N) is 3. The van der Waals surface area contributed by atoms with Crippen LogP contribution in [0.1, 0.15) is 31.9 Å². The van der Waals surface area contributed by atoms with Gasteiger partial charge < -0.3 is 25.5 Å². The zero-order valence-electron chi connectivity index (χ0n) is 14.7. The van der Waals surface area contributed by atoms with E-state index >= 15 is 0 Å². The molecule has 3 heterocycles. The van der Waals surface area contributed by atoms with Crippen molar-refractivity contribution in [2.24, 2.45) is 0 Å². The van der Waals surface area contributed by atoms with Gasteiger partial charge in [-0.25, -0.2) is 4.98 Å². The normalized spacial score (nSPS) is 18.2. The van der Waals surface area contributed by atoms with Gasteiger partial charge in [-0.1, -0.05) is 0 Å². The number of hydrogen-bond donors (Lipinski definition) is 4. The van der Waals surface area contributed by atoms with Crippen molar-refractivity contribution in [1.29, 1.82) is 5.41 Å². The summed E-state index contributed by atoms with van der Waals surface area (Å²) < 4.78 is 5.51. The molecule has 1 atom stereocenters.